The Labute approximate surface area is 188 Å². The summed E-state index contributed by atoms with van der Waals surface area (Å²) in [7, 11) is 0. The lowest BCUT2D eigenvalue weighted by Crippen LogP contribution is -2.34. The lowest BCUT2D eigenvalue weighted by molar-refractivity contribution is 0.0766. The summed E-state index contributed by atoms with van der Waals surface area (Å²) < 4.78 is 0. The van der Waals surface area contributed by atoms with E-state index < -0.39 is 0 Å². The second-order valence-electron chi connectivity index (χ2n) is 6.85. The molecular weight excluding hydrogens is 429 g/mol. The van der Waals surface area contributed by atoms with Crippen molar-refractivity contribution in [2.75, 3.05) is 55.7 Å². The van der Waals surface area contributed by atoms with Gasteiger partial charge in [-0.15, -0.1) is 35.0 Å². The van der Waals surface area contributed by atoms with E-state index in [1.54, 1.807) is 0 Å². The van der Waals surface area contributed by atoms with E-state index in [0.29, 0.717) is 5.56 Å². The lowest BCUT2D eigenvalue weighted by atomic mass is 10.1. The van der Waals surface area contributed by atoms with Crippen LogP contribution in [0.5, 0.6) is 0 Å². The number of thioether (sulfide) groups is 1. The highest BCUT2D eigenvalue weighted by atomic mass is 35.5. The van der Waals surface area contributed by atoms with Crippen LogP contribution in [0.25, 0.3) is 11.3 Å². The Bertz CT molecular complexity index is 779. The number of nitrogens with zero attached hydrogens (tertiary/aromatic N) is 4. The number of anilines is 1. The molecule has 4 rings (SSSR count). The largest absolute Gasteiger partial charge is 0.353 e. The van der Waals surface area contributed by atoms with Gasteiger partial charge in [-0.1, -0.05) is 12.1 Å². The third-order valence-corrected chi connectivity index (χ3v) is 5.96. The minimum atomic E-state index is 0. The van der Waals surface area contributed by atoms with Crippen molar-refractivity contribution in [2.45, 2.75) is 6.42 Å². The minimum absolute atomic E-state index is 0. The molecule has 2 aliphatic rings. The Morgan fingerprint density at radius 3 is 2.55 bits per heavy atom. The summed E-state index contributed by atoms with van der Waals surface area (Å²) in [6.45, 7) is 5.43. The van der Waals surface area contributed by atoms with Crippen molar-refractivity contribution in [1.29, 1.82) is 0 Å². The van der Waals surface area contributed by atoms with Crippen LogP contribution in [0.2, 0.25) is 0 Å². The van der Waals surface area contributed by atoms with E-state index in [1.165, 1.54) is 0 Å². The summed E-state index contributed by atoms with van der Waals surface area (Å²) in [5, 5.41) is 12.2. The van der Waals surface area contributed by atoms with E-state index in [4.69, 9.17) is 0 Å². The van der Waals surface area contributed by atoms with Gasteiger partial charge in [-0.3, -0.25) is 4.79 Å². The van der Waals surface area contributed by atoms with Crippen LogP contribution in [-0.4, -0.2) is 71.8 Å². The van der Waals surface area contributed by atoms with Crippen molar-refractivity contribution in [3.63, 3.8) is 0 Å². The fraction of sp³-hybridized carbons (Fsp3) is 0.450. The first-order chi connectivity index (χ1) is 13.3. The highest BCUT2D eigenvalue weighted by Gasteiger charge is 2.18. The molecular formula is C20H27Cl2N5OS. The molecule has 9 heteroatoms. The summed E-state index contributed by atoms with van der Waals surface area (Å²) in [5.41, 5.74) is 2.45. The Balaban J connectivity index is 0.00000150. The second-order valence-corrected chi connectivity index (χ2v) is 8.08. The van der Waals surface area contributed by atoms with E-state index in [2.05, 4.69) is 20.4 Å². The van der Waals surface area contributed by atoms with Crippen LogP contribution in [0.15, 0.2) is 36.4 Å². The number of aromatic nitrogens is 2. The Morgan fingerprint density at radius 2 is 1.79 bits per heavy atom. The quantitative estimate of drug-likeness (QED) is 0.767. The van der Waals surface area contributed by atoms with Crippen molar-refractivity contribution in [3.05, 3.63) is 42.0 Å². The number of halogens is 2. The highest BCUT2D eigenvalue weighted by molar-refractivity contribution is 7.99. The molecule has 0 radical (unpaired) electrons. The van der Waals surface area contributed by atoms with E-state index in [0.717, 1.165) is 74.3 Å². The van der Waals surface area contributed by atoms with Crippen LogP contribution in [0.4, 0.5) is 5.82 Å². The molecule has 1 aromatic carbocycles. The maximum atomic E-state index is 12.9. The molecule has 158 valence electrons. The van der Waals surface area contributed by atoms with E-state index >= 15 is 0 Å². The summed E-state index contributed by atoms with van der Waals surface area (Å²) in [6, 6.07) is 11.8. The first kappa shape index (κ1) is 23.7. The topological polar surface area (TPSA) is 61.4 Å². The molecule has 2 aromatic rings. The van der Waals surface area contributed by atoms with Crippen molar-refractivity contribution in [2.24, 2.45) is 0 Å². The molecule has 29 heavy (non-hydrogen) atoms. The summed E-state index contributed by atoms with van der Waals surface area (Å²) in [6.07, 6.45) is 0.993. The number of benzene rings is 1. The van der Waals surface area contributed by atoms with Crippen molar-refractivity contribution < 1.29 is 4.79 Å². The van der Waals surface area contributed by atoms with Crippen LogP contribution in [0, 0.1) is 0 Å². The van der Waals surface area contributed by atoms with Gasteiger partial charge in [0.2, 0.25) is 0 Å². The number of hydrogen-bond donors (Lipinski definition) is 1. The van der Waals surface area contributed by atoms with E-state index in [-0.39, 0.29) is 30.7 Å². The van der Waals surface area contributed by atoms with Crippen molar-refractivity contribution >= 4 is 48.3 Å². The van der Waals surface area contributed by atoms with Crippen LogP contribution >= 0.6 is 36.6 Å². The maximum Gasteiger partial charge on any atom is 0.253 e. The molecule has 2 saturated heterocycles. The molecule has 6 nitrogen and oxygen atoms in total. The molecule has 0 bridgehead atoms. The van der Waals surface area contributed by atoms with Gasteiger partial charge in [-0.25, -0.2) is 0 Å². The zero-order valence-electron chi connectivity index (χ0n) is 16.2. The van der Waals surface area contributed by atoms with Gasteiger partial charge in [0, 0.05) is 55.4 Å². The smallest absolute Gasteiger partial charge is 0.253 e. The van der Waals surface area contributed by atoms with Crippen LogP contribution in [0.1, 0.15) is 16.8 Å². The van der Waals surface area contributed by atoms with Crippen molar-refractivity contribution in [1.82, 2.24) is 20.4 Å². The molecule has 3 heterocycles. The minimum Gasteiger partial charge on any atom is -0.353 e. The van der Waals surface area contributed by atoms with Gasteiger partial charge in [0.1, 0.15) is 0 Å². The third kappa shape index (κ3) is 5.98. The predicted octanol–water partition coefficient (Wildman–Crippen LogP) is 2.98. The number of amides is 1. The predicted molar refractivity (Wildman–Crippen MR) is 125 cm³/mol. The fourth-order valence-electron chi connectivity index (χ4n) is 3.48. The highest BCUT2D eigenvalue weighted by Crippen LogP contribution is 2.22. The normalized spacial score (nSPS) is 17.0. The molecule has 0 saturated carbocycles. The van der Waals surface area contributed by atoms with Gasteiger partial charge >= 0.3 is 0 Å². The van der Waals surface area contributed by atoms with Crippen molar-refractivity contribution in [3.8, 4) is 11.3 Å². The molecule has 0 spiro atoms. The zero-order valence-corrected chi connectivity index (χ0v) is 18.7. The maximum absolute atomic E-state index is 12.9. The van der Waals surface area contributed by atoms with Gasteiger partial charge in [0.25, 0.3) is 5.91 Å². The Hall–Kier alpha value is -1.54. The van der Waals surface area contributed by atoms with Crippen LogP contribution < -0.4 is 10.2 Å². The number of hydrogen-bond acceptors (Lipinski definition) is 6. The van der Waals surface area contributed by atoms with Gasteiger partial charge in [-0.2, -0.15) is 11.8 Å². The zero-order chi connectivity index (χ0) is 18.5. The number of nitrogens with one attached hydrogen (secondary N) is 1. The summed E-state index contributed by atoms with van der Waals surface area (Å²) in [5.74, 6) is 3.30. The molecule has 0 unspecified atom stereocenters. The molecule has 0 atom stereocenters. The third-order valence-electron chi connectivity index (χ3n) is 5.02. The van der Waals surface area contributed by atoms with Crippen LogP contribution in [-0.2, 0) is 0 Å². The average molecular weight is 456 g/mol. The number of carbonyl (C=O) groups excluding carboxylic acids is 1. The average Bonchev–Trinajstić information content (AvgIpc) is 3.04. The standard InChI is InChI=1S/C20H25N5OS.2ClH/c26-20(25-9-2-7-21-8-10-25)17-4-1-3-16(15-17)18-5-6-19(23-22-18)24-11-13-27-14-12-24;;/h1,3-6,15,21H,2,7-14H2;2*1H. The molecule has 2 aliphatic heterocycles. The van der Waals surface area contributed by atoms with Gasteiger partial charge in [0.15, 0.2) is 5.82 Å². The fourth-order valence-corrected chi connectivity index (χ4v) is 4.39. The Kier molecular flexibility index (Phi) is 9.49. The lowest BCUT2D eigenvalue weighted by Gasteiger charge is -2.26. The van der Waals surface area contributed by atoms with E-state index in [9.17, 15) is 4.79 Å². The van der Waals surface area contributed by atoms with Crippen LogP contribution in [0.3, 0.4) is 0 Å². The first-order valence-electron chi connectivity index (χ1n) is 9.58. The molecule has 1 N–H and O–H groups in total. The number of rotatable bonds is 3. The molecule has 1 amide bonds. The molecule has 1 aromatic heterocycles. The molecule has 2 fully saturated rings. The first-order valence-corrected chi connectivity index (χ1v) is 10.7. The number of carbonyl (C=O) groups is 1. The monoisotopic (exact) mass is 455 g/mol. The van der Waals surface area contributed by atoms with Gasteiger partial charge < -0.3 is 15.1 Å². The molecule has 0 aliphatic carbocycles. The van der Waals surface area contributed by atoms with E-state index in [1.807, 2.05) is 53.1 Å². The Morgan fingerprint density at radius 1 is 0.966 bits per heavy atom. The summed E-state index contributed by atoms with van der Waals surface area (Å²) >= 11 is 1.98. The van der Waals surface area contributed by atoms with Gasteiger partial charge in [-0.05, 0) is 37.2 Å². The summed E-state index contributed by atoms with van der Waals surface area (Å²) in [4.78, 5) is 17.1. The second kappa shape index (κ2) is 11.6. The van der Waals surface area contributed by atoms with Gasteiger partial charge in [0.05, 0.1) is 5.69 Å². The SMILES string of the molecule is Cl.Cl.O=C(c1cccc(-c2ccc(N3CCSCC3)nn2)c1)N1CCCNCC1.